The molecule has 4 saturated heterocycles. The Morgan fingerprint density at radius 3 is 2.70 bits per heavy atom. The van der Waals surface area contributed by atoms with Crippen LogP contribution in [0.3, 0.4) is 0 Å². The zero-order chi connectivity index (χ0) is 18.8. The minimum atomic E-state index is -0.129. The summed E-state index contributed by atoms with van der Waals surface area (Å²) in [4.78, 5) is 34.5. The lowest BCUT2D eigenvalue weighted by Gasteiger charge is -2.32. The number of hydrogen-bond donors (Lipinski definition) is 1. The second-order valence-electron chi connectivity index (χ2n) is 8.64. The van der Waals surface area contributed by atoms with Gasteiger partial charge in [0, 0.05) is 70.9 Å². The van der Waals surface area contributed by atoms with Gasteiger partial charge in [-0.1, -0.05) is 6.92 Å². The highest BCUT2D eigenvalue weighted by atomic mass is 16.2. The first-order chi connectivity index (χ1) is 13.2. The van der Waals surface area contributed by atoms with Crippen LogP contribution in [0.2, 0.25) is 0 Å². The summed E-state index contributed by atoms with van der Waals surface area (Å²) in [6.07, 6.45) is 3.88. The van der Waals surface area contributed by atoms with Crippen molar-refractivity contribution in [1.82, 2.24) is 24.9 Å². The number of amides is 2. The van der Waals surface area contributed by atoms with E-state index in [4.69, 9.17) is 0 Å². The molecule has 0 aromatic carbocycles. The van der Waals surface area contributed by atoms with Gasteiger partial charge in [-0.25, -0.2) is 0 Å². The van der Waals surface area contributed by atoms with E-state index in [1.165, 1.54) is 12.8 Å². The van der Waals surface area contributed by atoms with Gasteiger partial charge >= 0.3 is 0 Å². The number of nitrogens with one attached hydrogen (secondary N) is 1. The normalized spacial score (nSPS) is 33.4. The molecule has 0 aliphatic carbocycles. The number of rotatable bonds is 5. The molecule has 4 rings (SSSR count). The summed E-state index contributed by atoms with van der Waals surface area (Å²) in [7, 11) is 0. The molecule has 2 amide bonds. The summed E-state index contributed by atoms with van der Waals surface area (Å²) in [6, 6.07) is 0.984. The molecular formula is C20H35N5O2. The van der Waals surface area contributed by atoms with Crippen molar-refractivity contribution in [1.29, 1.82) is 0 Å². The highest BCUT2D eigenvalue weighted by Crippen LogP contribution is 2.26. The Balaban J connectivity index is 1.29. The predicted octanol–water partition coefficient (Wildman–Crippen LogP) is -0.175. The minimum absolute atomic E-state index is 0.129. The molecule has 0 spiro atoms. The van der Waals surface area contributed by atoms with Crippen molar-refractivity contribution < 1.29 is 9.59 Å². The number of piperazine rings is 1. The molecule has 0 aromatic rings. The van der Waals surface area contributed by atoms with Crippen LogP contribution < -0.4 is 5.32 Å². The molecule has 0 saturated carbocycles. The van der Waals surface area contributed by atoms with Crippen molar-refractivity contribution in [3.05, 3.63) is 0 Å². The van der Waals surface area contributed by atoms with Crippen LogP contribution in [-0.2, 0) is 9.59 Å². The second kappa shape index (κ2) is 8.45. The van der Waals surface area contributed by atoms with Gasteiger partial charge in [-0.3, -0.25) is 19.4 Å². The Hall–Kier alpha value is -1.18. The Bertz CT molecular complexity index is 550. The maximum atomic E-state index is 13.0. The van der Waals surface area contributed by atoms with E-state index >= 15 is 0 Å². The van der Waals surface area contributed by atoms with Gasteiger partial charge in [-0.2, -0.15) is 0 Å². The molecule has 4 aliphatic heterocycles. The zero-order valence-corrected chi connectivity index (χ0v) is 16.7. The summed E-state index contributed by atoms with van der Waals surface area (Å²) >= 11 is 0. The van der Waals surface area contributed by atoms with E-state index in [0.29, 0.717) is 25.0 Å². The number of likely N-dealkylation sites (tertiary alicyclic amines) is 3. The van der Waals surface area contributed by atoms with E-state index in [1.807, 2.05) is 9.80 Å². The van der Waals surface area contributed by atoms with E-state index in [9.17, 15) is 9.59 Å². The van der Waals surface area contributed by atoms with Crippen molar-refractivity contribution in [2.45, 2.75) is 44.7 Å². The van der Waals surface area contributed by atoms with E-state index in [0.717, 1.165) is 65.3 Å². The zero-order valence-electron chi connectivity index (χ0n) is 16.7. The lowest BCUT2D eigenvalue weighted by atomic mass is 10.1. The number of hydrogen-bond acceptors (Lipinski definition) is 5. The van der Waals surface area contributed by atoms with Crippen LogP contribution in [0, 0.1) is 5.92 Å². The lowest BCUT2D eigenvalue weighted by Crippen LogP contribution is -2.49. The molecule has 7 heteroatoms. The first kappa shape index (κ1) is 19.2. The van der Waals surface area contributed by atoms with Crippen LogP contribution in [-0.4, -0.2) is 109 Å². The van der Waals surface area contributed by atoms with Crippen molar-refractivity contribution in [3.63, 3.8) is 0 Å². The molecule has 27 heavy (non-hydrogen) atoms. The van der Waals surface area contributed by atoms with Crippen molar-refractivity contribution in [3.8, 4) is 0 Å². The van der Waals surface area contributed by atoms with Crippen LogP contribution in [0.1, 0.15) is 32.6 Å². The fraction of sp³-hybridized carbons (Fsp3) is 0.900. The Labute approximate surface area is 163 Å². The molecule has 4 heterocycles. The van der Waals surface area contributed by atoms with E-state index < -0.39 is 0 Å². The smallest absolute Gasteiger partial charge is 0.228 e. The van der Waals surface area contributed by atoms with E-state index in [-0.39, 0.29) is 17.7 Å². The quantitative estimate of drug-likeness (QED) is 0.721. The molecule has 0 aromatic heterocycles. The van der Waals surface area contributed by atoms with E-state index in [1.54, 1.807) is 0 Å². The van der Waals surface area contributed by atoms with E-state index in [2.05, 4.69) is 22.0 Å². The van der Waals surface area contributed by atoms with Gasteiger partial charge < -0.3 is 15.1 Å². The molecule has 7 nitrogen and oxygen atoms in total. The third-order valence-corrected chi connectivity index (χ3v) is 7.04. The largest absolute Gasteiger partial charge is 0.341 e. The van der Waals surface area contributed by atoms with Gasteiger partial charge in [-0.05, 0) is 32.4 Å². The van der Waals surface area contributed by atoms with Gasteiger partial charge in [0.25, 0.3) is 0 Å². The molecule has 4 fully saturated rings. The van der Waals surface area contributed by atoms with Gasteiger partial charge in [0.15, 0.2) is 0 Å². The van der Waals surface area contributed by atoms with Crippen LogP contribution in [0.5, 0.6) is 0 Å². The van der Waals surface area contributed by atoms with Crippen LogP contribution in [0.15, 0.2) is 0 Å². The average molecular weight is 378 g/mol. The summed E-state index contributed by atoms with van der Waals surface area (Å²) in [5.41, 5.74) is 0. The topological polar surface area (TPSA) is 59.1 Å². The van der Waals surface area contributed by atoms with Crippen LogP contribution in [0.4, 0.5) is 0 Å². The average Bonchev–Trinajstić information content (AvgIpc) is 3.43. The Kier molecular flexibility index (Phi) is 5.99. The standard InChI is InChI=1S/C20H35N5O2/c1-2-22-8-3-4-17(22)15-25-13-16(12-19(25)26)20(27)24-9-5-18(14-24)23-10-6-21-7-11-23/h16-18,21H,2-15H2,1H3. The molecule has 0 bridgehead atoms. The van der Waals surface area contributed by atoms with Crippen molar-refractivity contribution in [2.24, 2.45) is 5.92 Å². The number of carbonyl (C=O) groups excluding carboxylic acids is 2. The molecule has 152 valence electrons. The van der Waals surface area contributed by atoms with Gasteiger partial charge in [0.05, 0.1) is 5.92 Å². The third kappa shape index (κ3) is 4.15. The third-order valence-electron chi connectivity index (χ3n) is 7.04. The molecule has 3 unspecified atom stereocenters. The maximum Gasteiger partial charge on any atom is 0.228 e. The number of likely N-dealkylation sites (N-methyl/N-ethyl adjacent to an activating group) is 1. The summed E-state index contributed by atoms with van der Waals surface area (Å²) < 4.78 is 0. The Morgan fingerprint density at radius 2 is 1.93 bits per heavy atom. The summed E-state index contributed by atoms with van der Waals surface area (Å²) in [5, 5.41) is 3.39. The first-order valence-electron chi connectivity index (χ1n) is 10.9. The molecule has 1 N–H and O–H groups in total. The first-order valence-corrected chi connectivity index (χ1v) is 10.9. The Morgan fingerprint density at radius 1 is 1.11 bits per heavy atom. The van der Waals surface area contributed by atoms with Gasteiger partial charge in [0.2, 0.25) is 11.8 Å². The highest BCUT2D eigenvalue weighted by Gasteiger charge is 2.40. The van der Waals surface area contributed by atoms with Crippen molar-refractivity contribution >= 4 is 11.8 Å². The molecule has 3 atom stereocenters. The number of nitrogens with zero attached hydrogens (tertiary/aromatic N) is 4. The number of carbonyl (C=O) groups is 2. The van der Waals surface area contributed by atoms with Gasteiger partial charge in [0.1, 0.15) is 0 Å². The van der Waals surface area contributed by atoms with Crippen molar-refractivity contribution in [2.75, 3.05) is 65.4 Å². The summed E-state index contributed by atoms with van der Waals surface area (Å²) in [5.74, 6) is 0.257. The van der Waals surface area contributed by atoms with Crippen LogP contribution >= 0.6 is 0 Å². The van der Waals surface area contributed by atoms with Crippen LogP contribution in [0.25, 0.3) is 0 Å². The monoisotopic (exact) mass is 377 g/mol. The second-order valence-corrected chi connectivity index (χ2v) is 8.64. The highest BCUT2D eigenvalue weighted by molar-refractivity contribution is 5.89. The fourth-order valence-corrected chi connectivity index (χ4v) is 5.43. The summed E-state index contributed by atoms with van der Waals surface area (Å²) in [6.45, 7) is 11.8. The SMILES string of the molecule is CCN1CCCC1CN1CC(C(=O)N2CCC(N3CCNCC3)C2)CC1=O. The lowest BCUT2D eigenvalue weighted by molar-refractivity contribution is -0.135. The molecule has 4 aliphatic rings. The fourth-order valence-electron chi connectivity index (χ4n) is 5.43. The minimum Gasteiger partial charge on any atom is -0.341 e. The predicted molar refractivity (Wildman–Crippen MR) is 104 cm³/mol. The maximum absolute atomic E-state index is 13.0. The molecular weight excluding hydrogens is 342 g/mol. The molecule has 0 radical (unpaired) electrons. The van der Waals surface area contributed by atoms with Gasteiger partial charge in [-0.15, -0.1) is 0 Å².